The highest BCUT2D eigenvalue weighted by atomic mass is 16.2. The summed E-state index contributed by atoms with van der Waals surface area (Å²) in [7, 11) is 0. The number of rotatable bonds is 11. The van der Waals surface area contributed by atoms with Gasteiger partial charge < -0.3 is 21.3 Å². The van der Waals surface area contributed by atoms with Crippen molar-refractivity contribution in [3.8, 4) is 0 Å². The Bertz CT molecular complexity index is 1410. The van der Waals surface area contributed by atoms with Gasteiger partial charge in [-0.2, -0.15) is 0 Å². The molecule has 39 heavy (non-hydrogen) atoms. The van der Waals surface area contributed by atoms with E-state index in [1.165, 1.54) is 0 Å². The van der Waals surface area contributed by atoms with Gasteiger partial charge >= 0.3 is 0 Å². The van der Waals surface area contributed by atoms with Crippen molar-refractivity contribution in [3.05, 3.63) is 126 Å². The molecule has 0 aliphatic carbocycles. The van der Waals surface area contributed by atoms with Gasteiger partial charge in [0.15, 0.2) is 0 Å². The van der Waals surface area contributed by atoms with E-state index in [2.05, 4.69) is 21.3 Å². The van der Waals surface area contributed by atoms with Crippen molar-refractivity contribution in [1.29, 1.82) is 0 Å². The van der Waals surface area contributed by atoms with Gasteiger partial charge in [0.05, 0.1) is 12.6 Å². The second-order valence-corrected chi connectivity index (χ2v) is 9.20. The lowest BCUT2D eigenvalue weighted by molar-refractivity contribution is -0.116. The molecule has 7 heteroatoms. The van der Waals surface area contributed by atoms with E-state index in [1.54, 1.807) is 36.4 Å². The quantitative estimate of drug-likeness (QED) is 0.201. The molecule has 4 aromatic rings. The molecule has 0 bridgehead atoms. The molecule has 0 aliphatic rings. The van der Waals surface area contributed by atoms with Crippen LogP contribution >= 0.6 is 0 Å². The zero-order valence-corrected chi connectivity index (χ0v) is 21.8. The number of benzene rings is 4. The average Bonchev–Trinajstić information content (AvgIpc) is 2.96. The normalized spacial score (nSPS) is 11.2. The third-order valence-electron chi connectivity index (χ3n) is 6.14. The van der Waals surface area contributed by atoms with Crippen molar-refractivity contribution >= 4 is 34.8 Å². The zero-order chi connectivity index (χ0) is 27.5. The Morgan fingerprint density at radius 3 is 2.03 bits per heavy atom. The van der Waals surface area contributed by atoms with Crippen molar-refractivity contribution in [2.45, 2.75) is 25.8 Å². The Morgan fingerprint density at radius 2 is 1.28 bits per heavy atom. The van der Waals surface area contributed by atoms with Crippen molar-refractivity contribution in [1.82, 2.24) is 5.32 Å². The molecule has 4 rings (SSSR count). The molecule has 0 saturated heterocycles. The van der Waals surface area contributed by atoms with Crippen LogP contribution in [0.2, 0.25) is 0 Å². The molecular formula is C32H32N4O3. The maximum atomic E-state index is 12.7. The van der Waals surface area contributed by atoms with Crippen LogP contribution < -0.4 is 21.3 Å². The average molecular weight is 521 g/mol. The Hall–Kier alpha value is -4.91. The van der Waals surface area contributed by atoms with Gasteiger partial charge in [0, 0.05) is 29.0 Å². The number of hydrogen-bond acceptors (Lipinski definition) is 4. The number of carbonyl (C=O) groups is 3. The summed E-state index contributed by atoms with van der Waals surface area (Å²) < 4.78 is 0. The highest BCUT2D eigenvalue weighted by Crippen LogP contribution is 2.17. The van der Waals surface area contributed by atoms with Gasteiger partial charge in [-0.3, -0.25) is 14.4 Å². The van der Waals surface area contributed by atoms with E-state index in [0.717, 1.165) is 11.1 Å². The van der Waals surface area contributed by atoms with E-state index in [0.29, 0.717) is 35.5 Å². The molecule has 0 aliphatic heterocycles. The van der Waals surface area contributed by atoms with Gasteiger partial charge in [-0.1, -0.05) is 72.8 Å². The predicted molar refractivity (Wildman–Crippen MR) is 156 cm³/mol. The van der Waals surface area contributed by atoms with Crippen LogP contribution in [0.15, 0.2) is 109 Å². The van der Waals surface area contributed by atoms with Crippen LogP contribution in [-0.4, -0.2) is 24.3 Å². The molecule has 0 spiro atoms. The largest absolute Gasteiger partial charge is 0.376 e. The summed E-state index contributed by atoms with van der Waals surface area (Å²) in [6, 6.07) is 33.5. The molecule has 0 fully saturated rings. The number of carbonyl (C=O) groups excluding carboxylic acids is 3. The molecular weight excluding hydrogens is 488 g/mol. The molecule has 4 aromatic carbocycles. The number of aryl methyl sites for hydroxylation is 1. The van der Waals surface area contributed by atoms with Crippen LogP contribution in [0, 0.1) is 0 Å². The summed E-state index contributed by atoms with van der Waals surface area (Å²) in [6.07, 6.45) is 1.05. The summed E-state index contributed by atoms with van der Waals surface area (Å²) in [5.74, 6) is -0.554. The summed E-state index contributed by atoms with van der Waals surface area (Å²) in [6.45, 7) is 1.95. The van der Waals surface area contributed by atoms with E-state index < -0.39 is 0 Å². The Kier molecular flexibility index (Phi) is 9.45. The molecule has 1 atom stereocenters. The first-order chi connectivity index (χ1) is 19.0. The molecule has 1 unspecified atom stereocenters. The minimum Gasteiger partial charge on any atom is -0.376 e. The van der Waals surface area contributed by atoms with E-state index in [9.17, 15) is 14.4 Å². The third kappa shape index (κ3) is 8.57. The van der Waals surface area contributed by atoms with Crippen LogP contribution in [0.3, 0.4) is 0 Å². The molecule has 7 nitrogen and oxygen atoms in total. The zero-order valence-electron chi connectivity index (χ0n) is 21.8. The number of anilines is 3. The van der Waals surface area contributed by atoms with Gasteiger partial charge in [-0.25, -0.2) is 0 Å². The van der Waals surface area contributed by atoms with Crippen molar-refractivity contribution < 1.29 is 14.4 Å². The third-order valence-corrected chi connectivity index (χ3v) is 6.14. The summed E-state index contributed by atoms with van der Waals surface area (Å²) in [5.41, 5.74) is 4.47. The molecule has 0 saturated carbocycles. The Morgan fingerprint density at radius 1 is 0.667 bits per heavy atom. The first-order valence-electron chi connectivity index (χ1n) is 12.9. The molecule has 4 N–H and O–H groups in total. The lowest BCUT2D eigenvalue weighted by Gasteiger charge is -2.15. The smallest absolute Gasteiger partial charge is 0.251 e. The van der Waals surface area contributed by atoms with Crippen LogP contribution in [0.4, 0.5) is 17.1 Å². The van der Waals surface area contributed by atoms with E-state index in [4.69, 9.17) is 0 Å². The standard InChI is InChI=1S/C32H32N4O3/c1-23(25-12-6-3-7-13-25)34-32(39)26-14-8-16-28(20-26)36-31(38)22-33-27-15-9-17-29(21-27)35-30(37)19-18-24-10-4-2-5-11-24/h2-17,20-21,23,33H,18-19,22H2,1H3,(H,34,39)(H,35,37)(H,36,38). The fraction of sp³-hybridized carbons (Fsp3) is 0.156. The van der Waals surface area contributed by atoms with Gasteiger partial charge in [-0.15, -0.1) is 0 Å². The molecule has 0 heterocycles. The van der Waals surface area contributed by atoms with Gasteiger partial charge in [-0.05, 0) is 60.9 Å². The van der Waals surface area contributed by atoms with Crippen LogP contribution in [0.1, 0.15) is 40.9 Å². The first-order valence-corrected chi connectivity index (χ1v) is 12.9. The van der Waals surface area contributed by atoms with Crippen molar-refractivity contribution in [3.63, 3.8) is 0 Å². The molecule has 0 radical (unpaired) electrons. The lowest BCUT2D eigenvalue weighted by atomic mass is 10.1. The molecule has 3 amide bonds. The van der Waals surface area contributed by atoms with Gasteiger partial charge in [0.1, 0.15) is 0 Å². The summed E-state index contributed by atoms with van der Waals surface area (Å²) in [4.78, 5) is 37.6. The van der Waals surface area contributed by atoms with Crippen molar-refractivity contribution in [2.75, 3.05) is 22.5 Å². The SMILES string of the molecule is CC(NC(=O)c1cccc(NC(=O)CNc2cccc(NC(=O)CCc3ccccc3)c2)c1)c1ccccc1. The lowest BCUT2D eigenvalue weighted by Crippen LogP contribution is -2.27. The second-order valence-electron chi connectivity index (χ2n) is 9.20. The Labute approximate surface area is 228 Å². The van der Waals surface area contributed by atoms with E-state index in [-0.39, 0.29) is 30.3 Å². The van der Waals surface area contributed by atoms with E-state index in [1.807, 2.05) is 79.7 Å². The number of amides is 3. The summed E-state index contributed by atoms with van der Waals surface area (Å²) in [5, 5.41) is 11.8. The minimum absolute atomic E-state index is 0.0207. The monoisotopic (exact) mass is 520 g/mol. The Balaban J connectivity index is 1.25. The summed E-state index contributed by atoms with van der Waals surface area (Å²) >= 11 is 0. The number of nitrogens with one attached hydrogen (secondary N) is 4. The fourth-order valence-electron chi connectivity index (χ4n) is 4.06. The van der Waals surface area contributed by atoms with E-state index >= 15 is 0 Å². The molecule has 198 valence electrons. The highest BCUT2D eigenvalue weighted by Gasteiger charge is 2.12. The second kappa shape index (κ2) is 13.6. The topological polar surface area (TPSA) is 99.3 Å². The van der Waals surface area contributed by atoms with Gasteiger partial charge in [0.2, 0.25) is 11.8 Å². The van der Waals surface area contributed by atoms with Crippen LogP contribution in [0.5, 0.6) is 0 Å². The maximum absolute atomic E-state index is 12.7. The maximum Gasteiger partial charge on any atom is 0.251 e. The van der Waals surface area contributed by atoms with Crippen molar-refractivity contribution in [2.24, 2.45) is 0 Å². The number of hydrogen-bond donors (Lipinski definition) is 4. The molecule has 0 aromatic heterocycles. The highest BCUT2D eigenvalue weighted by molar-refractivity contribution is 5.98. The van der Waals surface area contributed by atoms with Crippen LogP contribution in [0.25, 0.3) is 0 Å². The van der Waals surface area contributed by atoms with Gasteiger partial charge in [0.25, 0.3) is 5.91 Å². The van der Waals surface area contributed by atoms with Crippen LogP contribution in [-0.2, 0) is 16.0 Å². The first kappa shape index (κ1) is 27.1. The predicted octanol–water partition coefficient (Wildman–Crippen LogP) is 5.80. The minimum atomic E-state index is -0.262. The fourth-order valence-corrected chi connectivity index (χ4v) is 4.06.